The lowest BCUT2D eigenvalue weighted by Gasteiger charge is -2.17. The zero-order chi connectivity index (χ0) is 13.3. The maximum absolute atomic E-state index is 11.9. The predicted molar refractivity (Wildman–Crippen MR) is 69.2 cm³/mol. The second-order valence-corrected chi connectivity index (χ2v) is 5.14. The van der Waals surface area contributed by atoms with Gasteiger partial charge in [0.15, 0.2) is 0 Å². The Hall–Kier alpha value is -1.43. The topological polar surface area (TPSA) is 59.5 Å². The van der Waals surface area contributed by atoms with Crippen molar-refractivity contribution in [3.63, 3.8) is 0 Å². The summed E-state index contributed by atoms with van der Waals surface area (Å²) in [6.45, 7) is 2.22. The van der Waals surface area contributed by atoms with E-state index in [0.29, 0.717) is 12.4 Å². The van der Waals surface area contributed by atoms with Crippen molar-refractivity contribution in [2.75, 3.05) is 18.6 Å². The van der Waals surface area contributed by atoms with Crippen molar-refractivity contribution >= 4 is 33.6 Å². The van der Waals surface area contributed by atoms with Gasteiger partial charge >= 0.3 is 5.97 Å². The molecule has 1 atom stereocenters. The summed E-state index contributed by atoms with van der Waals surface area (Å²) in [5, 5.41) is 0. The molecule has 1 aromatic heterocycles. The van der Waals surface area contributed by atoms with Crippen LogP contribution in [0.5, 0.6) is 0 Å². The SMILES string of the molecule is COC(=O)C1CC(=O)N(c2ncc(Br)cc2C)C1. The molecule has 1 aliphatic rings. The van der Waals surface area contributed by atoms with E-state index >= 15 is 0 Å². The minimum Gasteiger partial charge on any atom is -0.469 e. The molecule has 6 heteroatoms. The Bertz CT molecular complexity index is 504. The third-order valence-corrected chi connectivity index (χ3v) is 3.37. The van der Waals surface area contributed by atoms with Gasteiger partial charge in [-0.3, -0.25) is 14.5 Å². The fourth-order valence-electron chi connectivity index (χ4n) is 2.05. The van der Waals surface area contributed by atoms with Gasteiger partial charge in [-0.1, -0.05) is 0 Å². The van der Waals surface area contributed by atoms with Crippen LogP contribution in [0.25, 0.3) is 0 Å². The van der Waals surface area contributed by atoms with Crippen LogP contribution in [-0.4, -0.2) is 30.5 Å². The van der Waals surface area contributed by atoms with Crippen LogP contribution in [0.4, 0.5) is 5.82 Å². The van der Waals surface area contributed by atoms with Gasteiger partial charge < -0.3 is 4.74 Å². The molecule has 0 saturated carbocycles. The maximum atomic E-state index is 11.9. The van der Waals surface area contributed by atoms with Gasteiger partial charge in [-0.15, -0.1) is 0 Å². The van der Waals surface area contributed by atoms with Gasteiger partial charge in [-0.2, -0.15) is 0 Å². The number of hydrogen-bond donors (Lipinski definition) is 0. The highest BCUT2D eigenvalue weighted by atomic mass is 79.9. The summed E-state index contributed by atoms with van der Waals surface area (Å²) in [6.07, 6.45) is 1.82. The number of hydrogen-bond acceptors (Lipinski definition) is 4. The monoisotopic (exact) mass is 312 g/mol. The van der Waals surface area contributed by atoms with Crippen LogP contribution < -0.4 is 4.90 Å². The second kappa shape index (κ2) is 5.06. The lowest BCUT2D eigenvalue weighted by molar-refractivity contribution is -0.145. The molecule has 5 nitrogen and oxygen atoms in total. The van der Waals surface area contributed by atoms with Gasteiger partial charge in [0.1, 0.15) is 5.82 Å². The van der Waals surface area contributed by atoms with Crippen molar-refractivity contribution in [1.82, 2.24) is 4.98 Å². The third-order valence-electron chi connectivity index (χ3n) is 2.93. The van der Waals surface area contributed by atoms with Crippen molar-refractivity contribution in [3.05, 3.63) is 22.3 Å². The van der Waals surface area contributed by atoms with Crippen LogP contribution >= 0.6 is 15.9 Å². The smallest absolute Gasteiger partial charge is 0.311 e. The number of halogens is 1. The quantitative estimate of drug-likeness (QED) is 0.780. The van der Waals surface area contributed by atoms with Crippen molar-refractivity contribution in [2.45, 2.75) is 13.3 Å². The molecule has 0 aliphatic carbocycles. The van der Waals surface area contributed by atoms with E-state index in [2.05, 4.69) is 25.7 Å². The number of carbonyl (C=O) groups is 2. The summed E-state index contributed by atoms with van der Waals surface area (Å²) in [4.78, 5) is 29.1. The van der Waals surface area contributed by atoms with E-state index in [-0.39, 0.29) is 18.3 Å². The Labute approximate surface area is 113 Å². The molecule has 18 heavy (non-hydrogen) atoms. The van der Waals surface area contributed by atoms with Gasteiger partial charge in [0.25, 0.3) is 0 Å². The lowest BCUT2D eigenvalue weighted by atomic mass is 10.1. The highest BCUT2D eigenvalue weighted by Crippen LogP contribution is 2.27. The average molecular weight is 313 g/mol. The highest BCUT2D eigenvalue weighted by molar-refractivity contribution is 9.10. The number of esters is 1. The summed E-state index contributed by atoms with van der Waals surface area (Å²) >= 11 is 3.33. The van der Waals surface area contributed by atoms with Crippen LogP contribution in [-0.2, 0) is 14.3 Å². The minimum absolute atomic E-state index is 0.0941. The van der Waals surface area contributed by atoms with Crippen molar-refractivity contribution < 1.29 is 14.3 Å². The molecule has 1 saturated heterocycles. The molecule has 0 radical (unpaired) electrons. The molecule has 96 valence electrons. The molecule has 1 amide bonds. The zero-order valence-corrected chi connectivity index (χ0v) is 11.7. The number of pyridine rings is 1. The molecule has 0 aromatic carbocycles. The number of anilines is 1. The number of rotatable bonds is 2. The Kier molecular flexibility index (Phi) is 3.65. The number of nitrogens with zero attached hydrogens (tertiary/aromatic N) is 2. The van der Waals surface area contributed by atoms with Gasteiger partial charge in [-0.05, 0) is 34.5 Å². The molecule has 0 N–H and O–H groups in total. The fourth-order valence-corrected chi connectivity index (χ4v) is 2.50. The third kappa shape index (κ3) is 2.38. The molecular formula is C12H13BrN2O3. The van der Waals surface area contributed by atoms with Crippen LogP contribution in [0.2, 0.25) is 0 Å². The Morgan fingerprint density at radius 1 is 1.61 bits per heavy atom. The van der Waals surface area contributed by atoms with E-state index < -0.39 is 5.92 Å². The molecule has 1 fully saturated rings. The van der Waals surface area contributed by atoms with Crippen LogP contribution in [0.15, 0.2) is 16.7 Å². The van der Waals surface area contributed by atoms with Crippen LogP contribution in [0.3, 0.4) is 0 Å². The van der Waals surface area contributed by atoms with E-state index in [1.807, 2.05) is 13.0 Å². The minimum atomic E-state index is -0.396. The molecule has 2 heterocycles. The van der Waals surface area contributed by atoms with Gasteiger partial charge in [-0.25, -0.2) is 4.98 Å². The van der Waals surface area contributed by atoms with Crippen LogP contribution in [0, 0.1) is 12.8 Å². The molecule has 0 bridgehead atoms. The maximum Gasteiger partial charge on any atom is 0.311 e. The second-order valence-electron chi connectivity index (χ2n) is 4.22. The Balaban J connectivity index is 2.24. The number of ether oxygens (including phenoxy) is 1. The summed E-state index contributed by atoms with van der Waals surface area (Å²) in [5.41, 5.74) is 0.892. The number of carbonyl (C=O) groups excluding carboxylic acids is 2. The largest absolute Gasteiger partial charge is 0.469 e. The highest BCUT2D eigenvalue weighted by Gasteiger charge is 2.36. The zero-order valence-electron chi connectivity index (χ0n) is 10.1. The standard InChI is InChI=1S/C12H13BrN2O3/c1-7-3-9(13)5-14-11(7)15-6-8(4-10(15)16)12(17)18-2/h3,5,8H,4,6H2,1-2H3. The molecule has 1 aromatic rings. The average Bonchev–Trinajstić information content (AvgIpc) is 2.70. The van der Waals surface area contributed by atoms with E-state index in [4.69, 9.17) is 0 Å². The van der Waals surface area contributed by atoms with Crippen LogP contribution in [0.1, 0.15) is 12.0 Å². The first kappa shape index (κ1) is 13.0. The van der Waals surface area contributed by atoms with E-state index in [1.165, 1.54) is 7.11 Å². The molecule has 2 rings (SSSR count). The van der Waals surface area contributed by atoms with Crippen molar-refractivity contribution in [1.29, 1.82) is 0 Å². The lowest BCUT2D eigenvalue weighted by Crippen LogP contribution is -2.27. The number of amides is 1. The Morgan fingerprint density at radius 2 is 2.33 bits per heavy atom. The van der Waals surface area contributed by atoms with Gasteiger partial charge in [0, 0.05) is 23.6 Å². The molecule has 1 aliphatic heterocycles. The van der Waals surface area contributed by atoms with E-state index in [9.17, 15) is 9.59 Å². The summed E-state index contributed by atoms with van der Waals surface area (Å²) in [6, 6.07) is 1.89. The molecule has 0 spiro atoms. The van der Waals surface area contributed by atoms with Gasteiger partial charge in [0.05, 0.1) is 13.0 Å². The van der Waals surface area contributed by atoms with Gasteiger partial charge in [0.2, 0.25) is 5.91 Å². The first-order valence-corrected chi connectivity index (χ1v) is 6.32. The van der Waals surface area contributed by atoms with E-state index in [1.54, 1.807) is 11.1 Å². The first-order valence-electron chi connectivity index (χ1n) is 5.53. The van der Waals surface area contributed by atoms with Crippen molar-refractivity contribution in [3.8, 4) is 0 Å². The molecule has 1 unspecified atom stereocenters. The summed E-state index contributed by atoms with van der Waals surface area (Å²) < 4.78 is 5.53. The predicted octanol–water partition coefficient (Wildman–Crippen LogP) is 1.68. The first-order chi connectivity index (χ1) is 8.52. The number of methoxy groups -OCH3 is 1. The van der Waals surface area contributed by atoms with Crippen molar-refractivity contribution in [2.24, 2.45) is 5.92 Å². The van der Waals surface area contributed by atoms with E-state index in [0.717, 1.165) is 10.0 Å². The number of aryl methyl sites for hydroxylation is 1. The number of aromatic nitrogens is 1. The normalized spacial score (nSPS) is 19.2. The summed E-state index contributed by atoms with van der Waals surface area (Å²) in [7, 11) is 1.33. The fraction of sp³-hybridized carbons (Fsp3) is 0.417. The molecular weight excluding hydrogens is 300 g/mol. The Morgan fingerprint density at radius 3 is 2.94 bits per heavy atom. The summed E-state index contributed by atoms with van der Waals surface area (Å²) in [5.74, 6) is -0.231.